The molecular weight excluding hydrogens is 389 g/mol. The van der Waals surface area contributed by atoms with E-state index in [9.17, 15) is 24.6 Å². The van der Waals surface area contributed by atoms with Crippen LogP contribution in [0.4, 0.5) is 20.6 Å². The number of carbonyl (C=O) groups excluding carboxylic acids is 1. The van der Waals surface area contributed by atoms with Crippen LogP contribution in [0, 0.1) is 32.8 Å². The number of nitriles is 2. The summed E-state index contributed by atoms with van der Waals surface area (Å²) in [7, 11) is 1.44. The first kappa shape index (κ1) is 20.5. The Kier molecular flexibility index (Phi) is 5.48. The zero-order chi connectivity index (χ0) is 22.0. The van der Waals surface area contributed by atoms with Crippen LogP contribution in [0.2, 0.25) is 0 Å². The van der Waals surface area contributed by atoms with E-state index in [-0.39, 0.29) is 22.4 Å². The molecule has 1 aliphatic rings. The van der Waals surface area contributed by atoms with Gasteiger partial charge in [0.2, 0.25) is 0 Å². The van der Waals surface area contributed by atoms with Gasteiger partial charge in [-0.3, -0.25) is 15.0 Å². The van der Waals surface area contributed by atoms with Crippen LogP contribution in [0.25, 0.3) is 0 Å². The fourth-order valence-corrected chi connectivity index (χ4v) is 3.52. The van der Waals surface area contributed by atoms with Crippen LogP contribution >= 0.6 is 0 Å². The summed E-state index contributed by atoms with van der Waals surface area (Å²) in [6, 6.07) is 12.6. The van der Waals surface area contributed by atoms with E-state index in [1.54, 1.807) is 25.1 Å². The van der Waals surface area contributed by atoms with Crippen LogP contribution in [-0.2, 0) is 6.67 Å². The van der Waals surface area contributed by atoms with E-state index in [0.717, 1.165) is 6.07 Å². The largest absolute Gasteiger partial charge is 0.329 e. The fraction of sp³-hybridized carbons (Fsp3) is 0.190. The first-order valence-electron chi connectivity index (χ1n) is 8.85. The summed E-state index contributed by atoms with van der Waals surface area (Å²) in [5.41, 5.74) is 1.06. The van der Waals surface area contributed by atoms with Gasteiger partial charge in [-0.15, -0.1) is 0 Å². The Bertz CT molecular complexity index is 1160. The predicted octanol–water partition coefficient (Wildman–Crippen LogP) is 4.35. The monoisotopic (exact) mass is 405 g/mol. The molecule has 2 amide bonds. The van der Waals surface area contributed by atoms with Gasteiger partial charge in [-0.2, -0.15) is 10.5 Å². The summed E-state index contributed by atoms with van der Waals surface area (Å²) in [5, 5.41) is 30.5. The predicted molar refractivity (Wildman–Crippen MR) is 106 cm³/mol. The highest BCUT2D eigenvalue weighted by molar-refractivity contribution is 5.97. The molecule has 9 heteroatoms. The highest BCUT2D eigenvalue weighted by atomic mass is 19.1. The minimum Gasteiger partial charge on any atom is -0.315 e. The Morgan fingerprint density at radius 3 is 2.53 bits per heavy atom. The van der Waals surface area contributed by atoms with Gasteiger partial charge in [-0.05, 0) is 36.8 Å². The SMILES string of the molecule is CC1=C(C#N)[C@@H](c2ccc(C#N)cc2[N+](=O)[O-])N(C)C(=O)N1c1cccc(CF)c1. The summed E-state index contributed by atoms with van der Waals surface area (Å²) < 4.78 is 13.1. The Morgan fingerprint density at radius 2 is 1.93 bits per heavy atom. The second-order valence-electron chi connectivity index (χ2n) is 6.69. The van der Waals surface area contributed by atoms with Gasteiger partial charge >= 0.3 is 6.03 Å². The van der Waals surface area contributed by atoms with Crippen molar-refractivity contribution in [2.45, 2.75) is 19.6 Å². The van der Waals surface area contributed by atoms with Gasteiger partial charge in [0.15, 0.2) is 0 Å². The van der Waals surface area contributed by atoms with Crippen molar-refractivity contribution in [1.82, 2.24) is 4.90 Å². The third-order valence-electron chi connectivity index (χ3n) is 4.97. The maximum atomic E-state index is 13.2. The van der Waals surface area contributed by atoms with Crippen molar-refractivity contribution in [3.8, 4) is 12.1 Å². The molecule has 3 rings (SSSR count). The summed E-state index contributed by atoms with van der Waals surface area (Å²) >= 11 is 0. The highest BCUT2D eigenvalue weighted by Gasteiger charge is 2.40. The third-order valence-corrected chi connectivity index (χ3v) is 4.97. The van der Waals surface area contributed by atoms with Crippen molar-refractivity contribution >= 4 is 17.4 Å². The number of hydrogen-bond donors (Lipinski definition) is 0. The molecule has 0 aliphatic carbocycles. The normalized spacial score (nSPS) is 16.3. The van der Waals surface area contributed by atoms with Gasteiger partial charge in [0, 0.05) is 18.8 Å². The van der Waals surface area contributed by atoms with Crippen molar-refractivity contribution in [1.29, 1.82) is 10.5 Å². The molecule has 1 heterocycles. The summed E-state index contributed by atoms with van der Waals surface area (Å²) in [5.74, 6) is 0. The zero-order valence-electron chi connectivity index (χ0n) is 16.2. The van der Waals surface area contributed by atoms with Crippen molar-refractivity contribution in [3.63, 3.8) is 0 Å². The molecule has 0 saturated heterocycles. The van der Waals surface area contributed by atoms with Gasteiger partial charge in [0.05, 0.1) is 39.4 Å². The Balaban J connectivity index is 2.21. The van der Waals surface area contributed by atoms with Crippen LogP contribution in [0.5, 0.6) is 0 Å². The average molecular weight is 405 g/mol. The molecule has 2 aromatic carbocycles. The van der Waals surface area contributed by atoms with Gasteiger partial charge < -0.3 is 4.90 Å². The molecule has 0 saturated carbocycles. The van der Waals surface area contributed by atoms with Crippen LogP contribution in [0.3, 0.4) is 0 Å². The number of urea groups is 1. The van der Waals surface area contributed by atoms with Crippen molar-refractivity contribution in [3.05, 3.63) is 80.5 Å². The van der Waals surface area contributed by atoms with E-state index < -0.39 is 23.7 Å². The Hall–Kier alpha value is -4.24. The fourth-order valence-electron chi connectivity index (χ4n) is 3.52. The molecule has 1 aliphatic heterocycles. The minimum absolute atomic E-state index is 0.0964. The van der Waals surface area contributed by atoms with Gasteiger partial charge in [0.25, 0.3) is 5.69 Å². The number of amides is 2. The highest BCUT2D eigenvalue weighted by Crippen LogP contribution is 2.41. The van der Waals surface area contributed by atoms with Gasteiger partial charge in [-0.1, -0.05) is 12.1 Å². The van der Waals surface area contributed by atoms with E-state index in [4.69, 9.17) is 5.26 Å². The lowest BCUT2D eigenvalue weighted by Gasteiger charge is -2.39. The number of benzene rings is 2. The van der Waals surface area contributed by atoms with Crippen LogP contribution in [0.15, 0.2) is 53.7 Å². The molecule has 0 fully saturated rings. The third kappa shape index (κ3) is 3.33. The van der Waals surface area contributed by atoms with Crippen LogP contribution < -0.4 is 4.90 Å². The molecule has 30 heavy (non-hydrogen) atoms. The van der Waals surface area contributed by atoms with E-state index in [1.165, 1.54) is 35.0 Å². The van der Waals surface area contributed by atoms with E-state index in [0.29, 0.717) is 16.9 Å². The lowest BCUT2D eigenvalue weighted by atomic mass is 9.92. The zero-order valence-corrected chi connectivity index (χ0v) is 16.2. The average Bonchev–Trinajstić information content (AvgIpc) is 2.76. The number of rotatable bonds is 4. The van der Waals surface area contributed by atoms with E-state index >= 15 is 0 Å². The summed E-state index contributed by atoms with van der Waals surface area (Å²) in [6.07, 6.45) is 0. The Labute approximate surface area is 171 Å². The van der Waals surface area contributed by atoms with Crippen LogP contribution in [-0.4, -0.2) is 22.9 Å². The molecule has 0 unspecified atom stereocenters. The number of nitrogens with zero attached hydrogens (tertiary/aromatic N) is 5. The number of allylic oxidation sites excluding steroid dienone is 1. The quantitative estimate of drug-likeness (QED) is 0.554. The smallest absolute Gasteiger partial charge is 0.315 e. The van der Waals surface area contributed by atoms with Gasteiger partial charge in [-0.25, -0.2) is 9.18 Å². The number of likely N-dealkylation sites (N-methyl/N-ethyl adjacent to an activating group) is 1. The number of alkyl halides is 1. The number of anilines is 1. The first-order valence-corrected chi connectivity index (χ1v) is 8.85. The van der Waals surface area contributed by atoms with Crippen molar-refractivity contribution < 1.29 is 14.1 Å². The number of halogens is 1. The molecule has 0 aromatic heterocycles. The molecule has 1 atom stereocenters. The van der Waals surface area contributed by atoms with E-state index in [2.05, 4.69) is 6.07 Å². The lowest BCUT2D eigenvalue weighted by Crippen LogP contribution is -2.47. The van der Waals surface area contributed by atoms with Crippen molar-refractivity contribution in [2.24, 2.45) is 0 Å². The molecule has 0 radical (unpaired) electrons. The van der Waals surface area contributed by atoms with Crippen LogP contribution in [0.1, 0.15) is 29.7 Å². The summed E-state index contributed by atoms with van der Waals surface area (Å²) in [4.78, 5) is 26.6. The molecular formula is C21H16FN5O3. The molecule has 0 spiro atoms. The lowest BCUT2D eigenvalue weighted by molar-refractivity contribution is -0.385. The maximum absolute atomic E-state index is 13.2. The number of hydrogen-bond acceptors (Lipinski definition) is 5. The Morgan fingerprint density at radius 1 is 1.20 bits per heavy atom. The van der Waals surface area contributed by atoms with E-state index in [1.807, 2.05) is 6.07 Å². The molecule has 0 N–H and O–H groups in total. The topological polar surface area (TPSA) is 114 Å². The molecule has 150 valence electrons. The molecule has 2 aromatic rings. The minimum atomic E-state index is -1.00. The second kappa shape index (κ2) is 8.02. The summed E-state index contributed by atoms with van der Waals surface area (Å²) in [6.45, 7) is 0.855. The molecule has 0 bridgehead atoms. The maximum Gasteiger partial charge on any atom is 0.329 e. The van der Waals surface area contributed by atoms with Gasteiger partial charge in [0.1, 0.15) is 12.7 Å². The number of nitro groups is 1. The standard InChI is InChI=1S/C21H16FN5O3/c1-13-18(12-24)20(17-7-6-15(11-23)9-19(17)27(29)30)25(2)21(28)26(13)16-5-3-4-14(8-16)10-22/h3-9,20H,10H2,1-2H3/t20-/m1/s1. The second-order valence-corrected chi connectivity index (χ2v) is 6.69. The molecule has 8 nitrogen and oxygen atoms in total. The number of nitro benzene ring substituents is 1. The number of carbonyl (C=O) groups is 1. The van der Waals surface area contributed by atoms with Crippen molar-refractivity contribution in [2.75, 3.05) is 11.9 Å². The first-order chi connectivity index (χ1) is 14.3.